The largest absolute Gasteiger partial charge is 0.271 e. The first kappa shape index (κ1) is 21.0. The van der Waals surface area contributed by atoms with Crippen molar-refractivity contribution >= 4 is 33.0 Å². The highest BCUT2D eigenvalue weighted by Gasteiger charge is 2.21. The van der Waals surface area contributed by atoms with Gasteiger partial charge in [0.25, 0.3) is 11.6 Å². The van der Waals surface area contributed by atoms with Gasteiger partial charge in [0.1, 0.15) is 6.54 Å². The molecule has 0 radical (unpaired) electrons. The minimum atomic E-state index is -3.69. The fraction of sp³-hybridized carbons (Fsp3) is 0.222. The highest BCUT2D eigenvalue weighted by Crippen LogP contribution is 2.18. The summed E-state index contributed by atoms with van der Waals surface area (Å²) in [6.07, 6.45) is 1.01. The highest BCUT2D eigenvalue weighted by atomic mass is 32.2. The number of amides is 1. The van der Waals surface area contributed by atoms with Crippen LogP contribution in [0.5, 0.6) is 0 Å². The van der Waals surface area contributed by atoms with Gasteiger partial charge in [0.15, 0.2) is 0 Å². The van der Waals surface area contributed by atoms with Crippen molar-refractivity contribution in [1.29, 1.82) is 0 Å². The van der Waals surface area contributed by atoms with E-state index in [1.807, 2.05) is 13.0 Å². The molecule has 0 saturated heterocycles. The first-order chi connectivity index (χ1) is 13.1. The second-order valence-corrected chi connectivity index (χ2v) is 8.06. The van der Waals surface area contributed by atoms with E-state index in [4.69, 9.17) is 0 Å². The molecule has 2 rings (SSSR count). The van der Waals surface area contributed by atoms with Crippen LogP contribution in [0.25, 0.3) is 0 Å². The van der Waals surface area contributed by atoms with Crippen LogP contribution in [-0.4, -0.2) is 37.8 Å². The van der Waals surface area contributed by atoms with Gasteiger partial charge in [-0.25, -0.2) is 13.8 Å². The van der Waals surface area contributed by atoms with Gasteiger partial charge < -0.3 is 0 Å². The lowest BCUT2D eigenvalue weighted by Crippen LogP contribution is -2.39. The Morgan fingerprint density at radius 3 is 2.50 bits per heavy atom. The average Bonchev–Trinajstić information content (AvgIpc) is 2.63. The third-order valence-electron chi connectivity index (χ3n) is 3.80. The number of hydrogen-bond acceptors (Lipinski definition) is 6. The van der Waals surface area contributed by atoms with E-state index in [0.717, 1.165) is 16.1 Å². The Hall–Kier alpha value is -3.27. The van der Waals surface area contributed by atoms with Crippen LogP contribution in [0.2, 0.25) is 0 Å². The molecule has 0 aliphatic heterocycles. The van der Waals surface area contributed by atoms with Gasteiger partial charge in [-0.2, -0.15) is 5.10 Å². The van der Waals surface area contributed by atoms with Gasteiger partial charge in [-0.05, 0) is 31.5 Å². The third kappa shape index (κ3) is 5.61. The molecule has 0 atom stereocenters. The van der Waals surface area contributed by atoms with Crippen molar-refractivity contribution in [2.24, 2.45) is 5.10 Å². The first-order valence-corrected chi connectivity index (χ1v) is 10.0. The molecule has 10 heteroatoms. The van der Waals surface area contributed by atoms with Crippen LogP contribution in [-0.2, 0) is 14.8 Å². The molecular formula is C18H20N4O5S. The summed E-state index contributed by atoms with van der Waals surface area (Å²) in [5.74, 6) is -0.642. The molecule has 9 nitrogen and oxygen atoms in total. The number of anilines is 1. The number of aryl methyl sites for hydroxylation is 1. The number of hydrogen-bond donors (Lipinski definition) is 1. The van der Waals surface area contributed by atoms with Crippen LogP contribution >= 0.6 is 0 Å². The number of hydrazone groups is 1. The number of carbonyl (C=O) groups is 1. The molecule has 1 N–H and O–H groups in total. The third-order valence-corrected chi connectivity index (χ3v) is 4.94. The van der Waals surface area contributed by atoms with Crippen molar-refractivity contribution in [3.63, 3.8) is 0 Å². The molecule has 0 aliphatic carbocycles. The van der Waals surface area contributed by atoms with Gasteiger partial charge in [0.05, 0.1) is 22.6 Å². The standard InChI is InChI=1S/C18H20N4O5S/c1-13-6-4-8-16(10-13)21(28(3,26)27)12-18(23)20-19-14(2)15-7-5-9-17(11-15)22(24)25/h4-11H,12H2,1-3H3,(H,20,23)/b19-14+. The Balaban J connectivity index is 2.16. The number of carbonyl (C=O) groups excluding carboxylic acids is 1. The normalized spacial score (nSPS) is 11.8. The number of nitrogens with zero attached hydrogens (tertiary/aromatic N) is 3. The van der Waals surface area contributed by atoms with Gasteiger partial charge in [0.2, 0.25) is 10.0 Å². The smallest absolute Gasteiger partial charge is 0.270 e. The molecular weight excluding hydrogens is 384 g/mol. The monoisotopic (exact) mass is 404 g/mol. The molecule has 0 aliphatic rings. The second kappa shape index (κ2) is 8.61. The molecule has 0 fully saturated rings. The van der Waals surface area contributed by atoms with Gasteiger partial charge in [-0.1, -0.05) is 24.3 Å². The molecule has 1 amide bonds. The van der Waals surface area contributed by atoms with Crippen LogP contribution in [0.4, 0.5) is 11.4 Å². The van der Waals surface area contributed by atoms with Gasteiger partial charge >= 0.3 is 0 Å². The maximum absolute atomic E-state index is 12.2. The van der Waals surface area contributed by atoms with Crippen LogP contribution in [0.15, 0.2) is 53.6 Å². The number of non-ortho nitro benzene ring substituents is 1. The molecule has 0 aromatic heterocycles. The van der Waals surface area contributed by atoms with Gasteiger partial charge in [0, 0.05) is 17.7 Å². The van der Waals surface area contributed by atoms with E-state index in [1.165, 1.54) is 18.2 Å². The van der Waals surface area contributed by atoms with Crippen molar-refractivity contribution in [3.8, 4) is 0 Å². The van der Waals surface area contributed by atoms with Crippen molar-refractivity contribution in [1.82, 2.24) is 5.43 Å². The summed E-state index contributed by atoms with van der Waals surface area (Å²) in [7, 11) is -3.69. The number of benzene rings is 2. The van der Waals surface area contributed by atoms with E-state index >= 15 is 0 Å². The Morgan fingerprint density at radius 2 is 1.89 bits per heavy atom. The molecule has 2 aromatic carbocycles. The van der Waals surface area contributed by atoms with Crippen LogP contribution < -0.4 is 9.73 Å². The molecule has 0 spiro atoms. The minimum absolute atomic E-state index is 0.0962. The quantitative estimate of drug-likeness (QED) is 0.431. The zero-order chi connectivity index (χ0) is 20.9. The van der Waals surface area contributed by atoms with E-state index < -0.39 is 27.4 Å². The minimum Gasteiger partial charge on any atom is -0.271 e. The van der Waals surface area contributed by atoms with Crippen molar-refractivity contribution in [2.45, 2.75) is 13.8 Å². The van der Waals surface area contributed by atoms with E-state index in [2.05, 4.69) is 10.5 Å². The summed E-state index contributed by atoms with van der Waals surface area (Å²) < 4.78 is 25.2. The first-order valence-electron chi connectivity index (χ1n) is 8.20. The summed E-state index contributed by atoms with van der Waals surface area (Å²) in [4.78, 5) is 22.6. The number of nitro benzene ring substituents is 1. The topological polar surface area (TPSA) is 122 Å². The van der Waals surface area contributed by atoms with Gasteiger partial charge in [-0.15, -0.1) is 0 Å². The maximum Gasteiger partial charge on any atom is 0.270 e. The molecule has 28 heavy (non-hydrogen) atoms. The van der Waals surface area contributed by atoms with Crippen LogP contribution in [0.3, 0.4) is 0 Å². The van der Waals surface area contributed by atoms with Crippen molar-refractivity contribution in [3.05, 3.63) is 69.8 Å². The summed E-state index contributed by atoms with van der Waals surface area (Å²) in [5, 5.41) is 14.8. The summed E-state index contributed by atoms with van der Waals surface area (Å²) in [5.41, 5.74) is 4.23. The number of nitro groups is 1. The maximum atomic E-state index is 12.2. The Kier molecular flexibility index (Phi) is 6.47. The summed E-state index contributed by atoms with van der Waals surface area (Å²) >= 11 is 0. The molecule has 0 heterocycles. The summed E-state index contributed by atoms with van der Waals surface area (Å²) in [6.45, 7) is 2.94. The zero-order valence-electron chi connectivity index (χ0n) is 15.6. The fourth-order valence-electron chi connectivity index (χ4n) is 2.40. The number of sulfonamides is 1. The molecule has 0 saturated carbocycles. The Morgan fingerprint density at radius 1 is 1.21 bits per heavy atom. The molecule has 2 aromatic rings. The summed E-state index contributed by atoms with van der Waals surface area (Å²) in [6, 6.07) is 12.6. The van der Waals surface area contributed by atoms with Crippen molar-refractivity contribution in [2.75, 3.05) is 17.1 Å². The number of rotatable bonds is 7. The lowest BCUT2D eigenvalue weighted by Gasteiger charge is -2.21. The van der Waals surface area contributed by atoms with Crippen LogP contribution in [0, 0.1) is 17.0 Å². The lowest BCUT2D eigenvalue weighted by molar-refractivity contribution is -0.384. The second-order valence-electron chi connectivity index (χ2n) is 6.15. The average molecular weight is 404 g/mol. The number of nitrogens with one attached hydrogen (secondary N) is 1. The van der Waals surface area contributed by atoms with Crippen molar-refractivity contribution < 1.29 is 18.1 Å². The van der Waals surface area contributed by atoms with Crippen LogP contribution in [0.1, 0.15) is 18.1 Å². The van der Waals surface area contributed by atoms with E-state index in [-0.39, 0.29) is 5.69 Å². The predicted molar refractivity (Wildman–Crippen MR) is 107 cm³/mol. The lowest BCUT2D eigenvalue weighted by atomic mass is 10.1. The molecule has 0 bridgehead atoms. The van der Waals surface area contributed by atoms with Gasteiger partial charge in [-0.3, -0.25) is 19.2 Å². The SMILES string of the molecule is C/C(=N\NC(=O)CN(c1cccc(C)c1)S(C)(=O)=O)c1cccc([N+](=O)[O-])c1. The van der Waals surface area contributed by atoms with E-state index in [1.54, 1.807) is 31.2 Å². The highest BCUT2D eigenvalue weighted by molar-refractivity contribution is 7.92. The Labute approximate surface area is 162 Å². The van der Waals surface area contributed by atoms with E-state index in [0.29, 0.717) is 17.0 Å². The predicted octanol–water partition coefficient (Wildman–Crippen LogP) is 2.21. The Bertz CT molecular complexity index is 1030. The molecule has 148 valence electrons. The fourth-order valence-corrected chi connectivity index (χ4v) is 3.25. The molecule has 0 unspecified atom stereocenters. The van der Waals surface area contributed by atoms with E-state index in [9.17, 15) is 23.3 Å². The zero-order valence-corrected chi connectivity index (χ0v) is 16.4.